The number of aryl methyl sites for hydroxylation is 1. The lowest BCUT2D eigenvalue weighted by Gasteiger charge is -2.43. The van der Waals surface area contributed by atoms with Crippen molar-refractivity contribution in [1.82, 2.24) is 9.55 Å². The Labute approximate surface area is 185 Å². The Morgan fingerprint density at radius 2 is 1.97 bits per heavy atom. The van der Waals surface area contributed by atoms with Crippen molar-refractivity contribution in [1.29, 1.82) is 5.26 Å². The number of hydrogen-bond donors (Lipinski definition) is 0. The van der Waals surface area contributed by atoms with Gasteiger partial charge < -0.3 is 14.4 Å². The fraction of sp³-hybridized carbons (Fsp3) is 0.348. The number of nitrogens with zero attached hydrogens (tertiary/aromatic N) is 5. The lowest BCUT2D eigenvalue weighted by Crippen LogP contribution is -2.49. The van der Waals surface area contributed by atoms with E-state index in [1.807, 2.05) is 7.05 Å². The van der Waals surface area contributed by atoms with E-state index in [1.54, 1.807) is 31.3 Å². The smallest absolute Gasteiger partial charge is 0.270 e. The van der Waals surface area contributed by atoms with Crippen LogP contribution in [0.5, 0.6) is 0 Å². The first-order valence-corrected chi connectivity index (χ1v) is 10.5. The molecule has 2 atom stereocenters. The van der Waals surface area contributed by atoms with Gasteiger partial charge in [-0.1, -0.05) is 18.5 Å². The summed E-state index contributed by atoms with van der Waals surface area (Å²) in [6.45, 7) is 3.46. The molecule has 160 valence electrons. The second-order valence-corrected chi connectivity index (χ2v) is 8.46. The number of fused-ring (bicyclic) bond motifs is 1. The third kappa shape index (κ3) is 3.72. The Morgan fingerprint density at radius 1 is 1.26 bits per heavy atom. The second kappa shape index (κ2) is 8.20. The van der Waals surface area contributed by atoms with Gasteiger partial charge in [0.1, 0.15) is 28.1 Å². The van der Waals surface area contributed by atoms with Crippen LogP contribution in [0.3, 0.4) is 0 Å². The molecule has 1 aromatic carbocycles. The van der Waals surface area contributed by atoms with Crippen LogP contribution in [0.1, 0.15) is 18.9 Å². The van der Waals surface area contributed by atoms with E-state index in [9.17, 15) is 14.4 Å². The summed E-state index contributed by atoms with van der Waals surface area (Å²) < 4.78 is 14.7. The Kier molecular flexibility index (Phi) is 5.59. The SMILES string of the molecule is C[C@@H]1CN(c2c(C#N)c(=O)n(C)c3ccc(Cl)nc23)CCC1N(C)c1ccc(F)cc1. The molecule has 1 aliphatic rings. The van der Waals surface area contributed by atoms with Gasteiger partial charge in [-0.05, 0) is 48.7 Å². The van der Waals surface area contributed by atoms with E-state index in [0.29, 0.717) is 35.0 Å². The summed E-state index contributed by atoms with van der Waals surface area (Å²) in [7, 11) is 3.65. The van der Waals surface area contributed by atoms with Crippen molar-refractivity contribution < 1.29 is 4.39 Å². The highest BCUT2D eigenvalue weighted by Crippen LogP contribution is 2.33. The summed E-state index contributed by atoms with van der Waals surface area (Å²) in [6, 6.07) is 12.2. The Balaban J connectivity index is 1.70. The number of pyridine rings is 2. The van der Waals surface area contributed by atoms with Crippen LogP contribution in [-0.4, -0.2) is 35.7 Å². The maximum absolute atomic E-state index is 13.3. The highest BCUT2D eigenvalue weighted by molar-refractivity contribution is 6.29. The number of piperidine rings is 1. The maximum atomic E-state index is 13.3. The van der Waals surface area contributed by atoms with Gasteiger partial charge in [0.2, 0.25) is 0 Å². The molecule has 2 aromatic heterocycles. The van der Waals surface area contributed by atoms with E-state index in [0.717, 1.165) is 12.1 Å². The van der Waals surface area contributed by atoms with Gasteiger partial charge in [0.15, 0.2) is 0 Å². The molecule has 1 saturated heterocycles. The summed E-state index contributed by atoms with van der Waals surface area (Å²) in [5, 5.41) is 10.1. The number of anilines is 2. The molecular weight excluding hydrogens is 417 g/mol. The molecule has 31 heavy (non-hydrogen) atoms. The molecule has 1 unspecified atom stereocenters. The van der Waals surface area contributed by atoms with Crippen molar-refractivity contribution in [2.75, 3.05) is 29.9 Å². The van der Waals surface area contributed by atoms with Crippen LogP contribution in [0, 0.1) is 23.1 Å². The zero-order chi connectivity index (χ0) is 22.3. The van der Waals surface area contributed by atoms with E-state index in [-0.39, 0.29) is 28.9 Å². The third-order valence-electron chi connectivity index (χ3n) is 6.20. The Bertz CT molecular complexity index is 1230. The number of hydrogen-bond acceptors (Lipinski definition) is 5. The first-order valence-electron chi connectivity index (χ1n) is 10.1. The van der Waals surface area contributed by atoms with Gasteiger partial charge >= 0.3 is 0 Å². The molecule has 0 saturated carbocycles. The molecule has 3 aromatic rings. The van der Waals surface area contributed by atoms with Crippen molar-refractivity contribution in [3.05, 3.63) is 63.3 Å². The highest BCUT2D eigenvalue weighted by Gasteiger charge is 2.32. The van der Waals surface area contributed by atoms with Crippen molar-refractivity contribution in [2.45, 2.75) is 19.4 Å². The molecule has 0 radical (unpaired) electrons. The summed E-state index contributed by atoms with van der Waals surface area (Å²) in [4.78, 5) is 21.6. The molecular formula is C23H23ClFN5O. The molecule has 0 N–H and O–H groups in total. The van der Waals surface area contributed by atoms with Crippen LogP contribution in [0.25, 0.3) is 11.0 Å². The minimum absolute atomic E-state index is 0.0855. The van der Waals surface area contributed by atoms with E-state index in [1.165, 1.54) is 16.7 Å². The van der Waals surface area contributed by atoms with Gasteiger partial charge in [-0.15, -0.1) is 0 Å². The minimum Gasteiger partial charge on any atom is -0.371 e. The highest BCUT2D eigenvalue weighted by atomic mass is 35.5. The number of nitriles is 1. The standard InChI is InChI=1S/C23H23ClFN5O/c1-14-13-30(11-10-18(14)28(2)16-6-4-15(25)5-7-16)22-17(12-26)23(31)29(3)19-8-9-20(24)27-21(19)22/h4-9,14,18H,10-11,13H2,1-3H3/t14-,18?/m1/s1. The summed E-state index contributed by atoms with van der Waals surface area (Å²) in [6.07, 6.45) is 0.817. The van der Waals surface area contributed by atoms with Gasteiger partial charge in [0.05, 0.1) is 11.2 Å². The number of aromatic nitrogens is 2. The van der Waals surface area contributed by atoms with Crippen molar-refractivity contribution >= 4 is 34.0 Å². The average Bonchev–Trinajstić information content (AvgIpc) is 2.76. The predicted molar refractivity (Wildman–Crippen MR) is 121 cm³/mol. The molecule has 1 fully saturated rings. The summed E-state index contributed by atoms with van der Waals surface area (Å²) in [5.74, 6) is -0.0265. The molecule has 8 heteroatoms. The number of halogens is 2. The Hall–Kier alpha value is -3.11. The third-order valence-corrected chi connectivity index (χ3v) is 6.41. The lowest BCUT2D eigenvalue weighted by molar-refractivity contribution is 0.371. The molecule has 3 heterocycles. The lowest BCUT2D eigenvalue weighted by atomic mass is 9.91. The fourth-order valence-corrected chi connectivity index (χ4v) is 4.71. The average molecular weight is 440 g/mol. The van der Waals surface area contributed by atoms with Crippen LogP contribution >= 0.6 is 11.6 Å². The summed E-state index contributed by atoms with van der Waals surface area (Å²) >= 11 is 6.16. The predicted octanol–water partition coefficient (Wildman–Crippen LogP) is 3.95. The molecule has 0 spiro atoms. The zero-order valence-electron chi connectivity index (χ0n) is 17.6. The van der Waals surface area contributed by atoms with Gasteiger partial charge in [-0.2, -0.15) is 5.26 Å². The zero-order valence-corrected chi connectivity index (χ0v) is 18.4. The second-order valence-electron chi connectivity index (χ2n) is 8.07. The maximum Gasteiger partial charge on any atom is 0.270 e. The van der Waals surface area contributed by atoms with Crippen LogP contribution in [0.2, 0.25) is 5.15 Å². The summed E-state index contributed by atoms with van der Waals surface area (Å²) in [5.41, 5.74) is 2.45. The molecule has 0 bridgehead atoms. The van der Waals surface area contributed by atoms with Crippen molar-refractivity contribution in [3.8, 4) is 6.07 Å². The molecule has 0 amide bonds. The Morgan fingerprint density at radius 3 is 2.61 bits per heavy atom. The largest absolute Gasteiger partial charge is 0.371 e. The topological polar surface area (TPSA) is 65.2 Å². The van der Waals surface area contributed by atoms with E-state index in [2.05, 4.69) is 27.8 Å². The molecule has 0 aliphatic carbocycles. The first-order chi connectivity index (χ1) is 14.8. The normalized spacial score (nSPS) is 18.8. The quantitative estimate of drug-likeness (QED) is 0.578. The van der Waals surface area contributed by atoms with Crippen molar-refractivity contribution in [2.24, 2.45) is 13.0 Å². The van der Waals surface area contributed by atoms with Gasteiger partial charge in [-0.25, -0.2) is 9.37 Å². The monoisotopic (exact) mass is 439 g/mol. The van der Waals surface area contributed by atoms with E-state index >= 15 is 0 Å². The van der Waals surface area contributed by atoms with Gasteiger partial charge in [0, 0.05) is 38.9 Å². The van der Waals surface area contributed by atoms with Crippen molar-refractivity contribution in [3.63, 3.8) is 0 Å². The van der Waals surface area contributed by atoms with Gasteiger partial charge in [-0.3, -0.25) is 4.79 Å². The van der Waals surface area contributed by atoms with Crippen LogP contribution in [0.15, 0.2) is 41.2 Å². The molecule has 4 rings (SSSR count). The van der Waals surface area contributed by atoms with Gasteiger partial charge in [0.25, 0.3) is 5.56 Å². The molecule has 1 aliphatic heterocycles. The van der Waals surface area contributed by atoms with Crippen LogP contribution in [-0.2, 0) is 7.05 Å². The fourth-order valence-electron chi connectivity index (χ4n) is 4.56. The van der Waals surface area contributed by atoms with Crippen LogP contribution in [0.4, 0.5) is 15.8 Å². The minimum atomic E-state index is -0.340. The van der Waals surface area contributed by atoms with Crippen LogP contribution < -0.4 is 15.4 Å². The number of rotatable bonds is 3. The number of benzene rings is 1. The molecule has 6 nitrogen and oxygen atoms in total. The first kappa shape index (κ1) is 21.1. The van der Waals surface area contributed by atoms with E-state index in [4.69, 9.17) is 11.6 Å². The van der Waals surface area contributed by atoms with E-state index < -0.39 is 0 Å².